The Hall–Kier alpha value is -4.24. The summed E-state index contributed by atoms with van der Waals surface area (Å²) in [6.45, 7) is 0.589. The van der Waals surface area contributed by atoms with Gasteiger partial charge in [-0.1, -0.05) is 60.3 Å². The topological polar surface area (TPSA) is 93.5 Å². The summed E-state index contributed by atoms with van der Waals surface area (Å²) in [5.41, 5.74) is 5.06. The molecule has 2 aromatic heterocycles. The van der Waals surface area contributed by atoms with Crippen molar-refractivity contribution >= 4 is 28.6 Å². The number of carbonyl (C=O) groups excluding carboxylic acids is 1. The first-order valence-electron chi connectivity index (χ1n) is 12.3. The third-order valence-corrected chi connectivity index (χ3v) is 7.66. The molecule has 0 saturated carbocycles. The molecule has 1 aliphatic rings. The lowest BCUT2D eigenvalue weighted by Crippen LogP contribution is -2.41. The average Bonchev–Trinajstić information content (AvgIpc) is 3.62. The number of hydrogen-bond donors (Lipinski definition) is 1. The number of hydrogen-bond acceptors (Lipinski definition) is 7. The van der Waals surface area contributed by atoms with Crippen molar-refractivity contribution in [1.29, 1.82) is 0 Å². The molecular formula is C29H26N4O4S. The maximum atomic E-state index is 13.6. The van der Waals surface area contributed by atoms with E-state index in [1.165, 1.54) is 11.8 Å². The predicted molar refractivity (Wildman–Crippen MR) is 146 cm³/mol. The van der Waals surface area contributed by atoms with Crippen molar-refractivity contribution in [1.82, 2.24) is 20.1 Å². The molecule has 0 spiro atoms. The summed E-state index contributed by atoms with van der Waals surface area (Å²) in [4.78, 5) is 18.8. The van der Waals surface area contributed by atoms with Crippen LogP contribution in [-0.4, -0.2) is 52.5 Å². The van der Waals surface area contributed by atoms with Crippen molar-refractivity contribution in [3.05, 3.63) is 89.6 Å². The molecule has 1 atom stereocenters. The quantitative estimate of drug-likeness (QED) is 0.280. The second-order valence-electron chi connectivity index (χ2n) is 8.97. The highest BCUT2D eigenvalue weighted by Gasteiger charge is 2.33. The van der Waals surface area contributed by atoms with E-state index < -0.39 is 0 Å². The van der Waals surface area contributed by atoms with E-state index >= 15 is 0 Å². The van der Waals surface area contributed by atoms with Crippen molar-refractivity contribution in [3.63, 3.8) is 0 Å². The summed E-state index contributed by atoms with van der Waals surface area (Å²) in [5, 5.41) is 9.77. The Morgan fingerprint density at radius 2 is 1.82 bits per heavy atom. The number of thioether (sulfide) groups is 1. The molecule has 3 aromatic carbocycles. The maximum absolute atomic E-state index is 13.6. The molecule has 1 N–H and O–H groups in total. The molecule has 1 unspecified atom stereocenters. The molecule has 1 amide bonds. The van der Waals surface area contributed by atoms with Gasteiger partial charge in [-0.25, -0.2) is 0 Å². The lowest BCUT2D eigenvalue weighted by molar-refractivity contribution is -0.130. The van der Waals surface area contributed by atoms with Crippen LogP contribution in [0.25, 0.3) is 22.4 Å². The lowest BCUT2D eigenvalue weighted by Gasteiger charge is -2.38. The summed E-state index contributed by atoms with van der Waals surface area (Å²) in [6, 6.07) is 21.8. The number of benzene rings is 3. The standard InChI is InChI=1S/C29H26N4O4S/c1-35-24-14-19-12-13-33(27(18-8-4-3-5-9-18)21(19)15-25(24)36-2)26(34)17-38-29-32-31-28(37-29)22-16-30-23-11-7-6-10-20(22)23/h3-11,14-16,27,30H,12-13,17H2,1-2H3. The smallest absolute Gasteiger partial charge is 0.277 e. The zero-order valence-electron chi connectivity index (χ0n) is 21.0. The van der Waals surface area contributed by atoms with Crippen LogP contribution in [0.15, 0.2) is 82.6 Å². The van der Waals surface area contributed by atoms with Gasteiger partial charge in [0.1, 0.15) is 0 Å². The molecule has 1 aliphatic heterocycles. The molecule has 6 rings (SSSR count). The zero-order chi connectivity index (χ0) is 26.1. The van der Waals surface area contributed by atoms with Crippen molar-refractivity contribution < 1.29 is 18.7 Å². The number of carbonyl (C=O) groups is 1. The van der Waals surface area contributed by atoms with Crippen LogP contribution in [0, 0.1) is 0 Å². The van der Waals surface area contributed by atoms with Gasteiger partial charge < -0.3 is 23.8 Å². The molecule has 3 heterocycles. The van der Waals surface area contributed by atoms with Gasteiger partial charge in [-0.05, 0) is 41.3 Å². The number of ether oxygens (including phenoxy) is 2. The first-order valence-corrected chi connectivity index (χ1v) is 13.3. The van der Waals surface area contributed by atoms with Crippen LogP contribution in [0.5, 0.6) is 11.5 Å². The third kappa shape index (κ3) is 4.39. The Morgan fingerprint density at radius 3 is 2.63 bits per heavy atom. The van der Waals surface area contributed by atoms with Crippen LogP contribution in [0.4, 0.5) is 0 Å². The Bertz CT molecular complexity index is 1600. The van der Waals surface area contributed by atoms with E-state index in [0.717, 1.165) is 39.6 Å². The van der Waals surface area contributed by atoms with Crippen molar-refractivity contribution in [2.24, 2.45) is 0 Å². The highest BCUT2D eigenvalue weighted by atomic mass is 32.2. The van der Waals surface area contributed by atoms with Crippen LogP contribution in [0.2, 0.25) is 0 Å². The maximum Gasteiger partial charge on any atom is 0.277 e. The number of methoxy groups -OCH3 is 2. The average molecular weight is 527 g/mol. The van der Waals surface area contributed by atoms with Gasteiger partial charge in [0.2, 0.25) is 5.91 Å². The molecule has 9 heteroatoms. The van der Waals surface area contributed by atoms with E-state index in [2.05, 4.69) is 27.3 Å². The van der Waals surface area contributed by atoms with Gasteiger partial charge in [0.25, 0.3) is 11.1 Å². The Labute approximate surface area is 224 Å². The van der Waals surface area contributed by atoms with Gasteiger partial charge in [-0.15, -0.1) is 10.2 Å². The molecule has 5 aromatic rings. The van der Waals surface area contributed by atoms with Gasteiger partial charge in [-0.2, -0.15) is 0 Å². The van der Waals surface area contributed by atoms with Gasteiger partial charge >= 0.3 is 0 Å². The number of aromatic nitrogens is 3. The largest absolute Gasteiger partial charge is 0.493 e. The number of amides is 1. The van der Waals surface area contributed by atoms with E-state index in [4.69, 9.17) is 13.9 Å². The van der Waals surface area contributed by atoms with Gasteiger partial charge in [0.05, 0.1) is 31.6 Å². The Balaban J connectivity index is 1.25. The lowest BCUT2D eigenvalue weighted by atomic mass is 9.87. The van der Waals surface area contributed by atoms with Crippen molar-refractivity contribution in [3.8, 4) is 23.0 Å². The fraction of sp³-hybridized carbons (Fsp3) is 0.207. The minimum absolute atomic E-state index is 0.00358. The van der Waals surface area contributed by atoms with E-state index in [9.17, 15) is 4.79 Å². The Kier molecular flexibility index (Phi) is 6.51. The van der Waals surface area contributed by atoms with Crippen molar-refractivity contribution in [2.75, 3.05) is 26.5 Å². The number of H-pyrrole nitrogens is 1. The number of aromatic amines is 1. The number of nitrogens with zero attached hydrogens (tertiary/aromatic N) is 3. The first kappa shape index (κ1) is 24.1. The number of rotatable bonds is 7. The molecule has 0 bridgehead atoms. The zero-order valence-corrected chi connectivity index (χ0v) is 21.8. The van der Waals surface area contributed by atoms with E-state index in [-0.39, 0.29) is 17.7 Å². The van der Waals surface area contributed by atoms with Crippen molar-refractivity contribution in [2.45, 2.75) is 17.7 Å². The highest BCUT2D eigenvalue weighted by molar-refractivity contribution is 7.99. The van der Waals surface area contributed by atoms with Crippen LogP contribution in [0.3, 0.4) is 0 Å². The van der Waals surface area contributed by atoms with E-state index in [1.807, 2.05) is 65.7 Å². The number of nitrogens with one attached hydrogen (secondary N) is 1. The molecule has 8 nitrogen and oxygen atoms in total. The van der Waals surface area contributed by atoms with Crippen LogP contribution < -0.4 is 9.47 Å². The summed E-state index contributed by atoms with van der Waals surface area (Å²) >= 11 is 1.25. The monoisotopic (exact) mass is 526 g/mol. The van der Waals surface area contributed by atoms with Gasteiger partial charge in [0, 0.05) is 23.6 Å². The molecule has 0 radical (unpaired) electrons. The molecule has 38 heavy (non-hydrogen) atoms. The SMILES string of the molecule is COc1cc2c(cc1OC)C(c1ccccc1)N(C(=O)CSc1nnc(-c3c[nH]c4ccccc34)o1)CC2. The molecule has 0 aliphatic carbocycles. The summed E-state index contributed by atoms with van der Waals surface area (Å²) in [6.07, 6.45) is 2.58. The minimum atomic E-state index is -0.239. The second kappa shape index (κ2) is 10.3. The molecule has 0 saturated heterocycles. The van der Waals surface area contributed by atoms with E-state index in [0.29, 0.717) is 29.2 Å². The highest BCUT2D eigenvalue weighted by Crippen LogP contribution is 2.41. The molecular weight excluding hydrogens is 500 g/mol. The molecule has 192 valence electrons. The first-order chi connectivity index (χ1) is 18.7. The fourth-order valence-corrected chi connectivity index (χ4v) is 5.69. The summed E-state index contributed by atoms with van der Waals surface area (Å²) in [5.74, 6) is 1.94. The fourth-order valence-electron chi connectivity index (χ4n) is 5.04. The predicted octanol–water partition coefficient (Wildman–Crippen LogP) is 5.50. The van der Waals surface area contributed by atoms with Crippen LogP contribution >= 0.6 is 11.8 Å². The van der Waals surface area contributed by atoms with Gasteiger partial charge in [0.15, 0.2) is 11.5 Å². The summed E-state index contributed by atoms with van der Waals surface area (Å²) < 4.78 is 17.0. The van der Waals surface area contributed by atoms with Crippen LogP contribution in [0.1, 0.15) is 22.7 Å². The summed E-state index contributed by atoms with van der Waals surface area (Å²) in [7, 11) is 3.26. The molecule has 0 fully saturated rings. The normalized spacial score (nSPS) is 14.9. The Morgan fingerprint density at radius 1 is 1.05 bits per heavy atom. The minimum Gasteiger partial charge on any atom is -0.493 e. The van der Waals surface area contributed by atoms with Gasteiger partial charge in [-0.3, -0.25) is 4.79 Å². The van der Waals surface area contributed by atoms with Crippen LogP contribution in [-0.2, 0) is 11.2 Å². The number of para-hydroxylation sites is 1. The van der Waals surface area contributed by atoms with E-state index in [1.54, 1.807) is 14.2 Å². The second-order valence-corrected chi connectivity index (χ2v) is 9.89. The number of fused-ring (bicyclic) bond motifs is 2. The third-order valence-electron chi connectivity index (χ3n) is 6.85.